The van der Waals surface area contributed by atoms with Crippen LogP contribution in [0, 0.1) is 0 Å². The van der Waals surface area contributed by atoms with Gasteiger partial charge in [0.1, 0.15) is 0 Å². The Morgan fingerprint density at radius 3 is 2.92 bits per heavy atom. The molecule has 0 fully saturated rings. The number of hydrogen-bond acceptors (Lipinski definition) is 4. The summed E-state index contributed by atoms with van der Waals surface area (Å²) < 4.78 is 6.79. The molecule has 1 heterocycles. The van der Waals surface area contributed by atoms with E-state index in [0.717, 1.165) is 11.4 Å². The van der Waals surface area contributed by atoms with E-state index in [4.69, 9.17) is 9.57 Å². The lowest BCUT2D eigenvalue weighted by molar-refractivity contribution is 0.0860. The van der Waals surface area contributed by atoms with Gasteiger partial charge in [-0.25, -0.2) is 4.68 Å². The average Bonchev–Trinajstić information content (AvgIpc) is 2.43. The zero-order chi connectivity index (χ0) is 8.97. The first-order valence-electron chi connectivity index (χ1n) is 3.60. The first kappa shape index (κ1) is 9.02. The van der Waals surface area contributed by atoms with Crippen LogP contribution in [0.4, 0.5) is 0 Å². The Morgan fingerprint density at radius 1 is 1.58 bits per heavy atom. The molecule has 68 valence electrons. The van der Waals surface area contributed by atoms with Gasteiger partial charge in [-0.05, 0) is 0 Å². The minimum absolute atomic E-state index is 0.591. The highest BCUT2D eigenvalue weighted by Crippen LogP contribution is 2.15. The highest BCUT2D eigenvalue weighted by atomic mass is 16.6. The highest BCUT2D eigenvalue weighted by molar-refractivity contribution is 5.23. The van der Waals surface area contributed by atoms with Crippen LogP contribution in [-0.2, 0) is 18.4 Å². The van der Waals surface area contributed by atoms with Crippen LogP contribution in [0.5, 0.6) is 5.88 Å². The summed E-state index contributed by atoms with van der Waals surface area (Å²) in [7, 11) is 5.02. The van der Waals surface area contributed by atoms with Gasteiger partial charge < -0.3 is 9.57 Å². The normalized spacial score (nSPS) is 10.2. The van der Waals surface area contributed by atoms with Crippen LogP contribution in [0.3, 0.4) is 0 Å². The molecule has 5 nitrogen and oxygen atoms in total. The standard InChI is InChI=1S/C7H13N3O2/c1-10-7(11-2)6(4-8-10)5-9-12-3/h4,9H,5H2,1-3H3. The fourth-order valence-corrected chi connectivity index (χ4v) is 1.01. The zero-order valence-electron chi connectivity index (χ0n) is 7.50. The second kappa shape index (κ2) is 4.08. The Labute approximate surface area is 71.2 Å². The number of hydroxylamine groups is 1. The molecule has 0 amide bonds. The van der Waals surface area contributed by atoms with Gasteiger partial charge >= 0.3 is 0 Å². The maximum Gasteiger partial charge on any atom is 0.215 e. The third kappa shape index (κ3) is 1.75. The van der Waals surface area contributed by atoms with Crippen molar-refractivity contribution < 1.29 is 9.57 Å². The Hall–Kier alpha value is -1.07. The molecule has 0 aliphatic carbocycles. The lowest BCUT2D eigenvalue weighted by Gasteiger charge is -2.03. The summed E-state index contributed by atoms with van der Waals surface area (Å²) in [5.74, 6) is 0.750. The van der Waals surface area contributed by atoms with Gasteiger partial charge in [-0.1, -0.05) is 0 Å². The van der Waals surface area contributed by atoms with Gasteiger partial charge in [0.15, 0.2) is 0 Å². The van der Waals surface area contributed by atoms with E-state index in [1.54, 1.807) is 25.1 Å². The number of ether oxygens (including phenoxy) is 1. The molecule has 12 heavy (non-hydrogen) atoms. The third-order valence-corrected chi connectivity index (χ3v) is 1.56. The molecular weight excluding hydrogens is 158 g/mol. The molecule has 1 rings (SSSR count). The van der Waals surface area contributed by atoms with Gasteiger partial charge in [0.05, 0.1) is 32.5 Å². The molecule has 0 aromatic carbocycles. The first-order valence-corrected chi connectivity index (χ1v) is 3.60. The van der Waals surface area contributed by atoms with Crippen molar-refractivity contribution in [2.45, 2.75) is 6.54 Å². The highest BCUT2D eigenvalue weighted by Gasteiger charge is 2.06. The Balaban J connectivity index is 2.70. The fraction of sp³-hybridized carbons (Fsp3) is 0.571. The number of nitrogens with one attached hydrogen (secondary N) is 1. The van der Waals surface area contributed by atoms with Gasteiger partial charge in [0, 0.05) is 7.05 Å². The molecule has 0 aliphatic heterocycles. The molecule has 0 bridgehead atoms. The van der Waals surface area contributed by atoms with E-state index in [1.807, 2.05) is 7.05 Å². The van der Waals surface area contributed by atoms with Crippen molar-refractivity contribution in [3.05, 3.63) is 11.8 Å². The minimum atomic E-state index is 0.591. The van der Waals surface area contributed by atoms with Gasteiger partial charge in [0.25, 0.3) is 0 Å². The van der Waals surface area contributed by atoms with Crippen LogP contribution in [0.2, 0.25) is 0 Å². The van der Waals surface area contributed by atoms with Gasteiger partial charge in [-0.15, -0.1) is 0 Å². The van der Waals surface area contributed by atoms with Crippen molar-refractivity contribution >= 4 is 0 Å². The summed E-state index contributed by atoms with van der Waals surface area (Å²) in [6.07, 6.45) is 1.74. The van der Waals surface area contributed by atoms with Crippen molar-refractivity contribution in [3.8, 4) is 5.88 Å². The van der Waals surface area contributed by atoms with Crippen molar-refractivity contribution in [3.63, 3.8) is 0 Å². The summed E-state index contributed by atoms with van der Waals surface area (Å²) in [6.45, 7) is 0.591. The summed E-state index contributed by atoms with van der Waals surface area (Å²) in [5.41, 5.74) is 3.69. The van der Waals surface area contributed by atoms with Crippen LogP contribution in [-0.4, -0.2) is 24.0 Å². The monoisotopic (exact) mass is 171 g/mol. The average molecular weight is 171 g/mol. The predicted molar refractivity (Wildman–Crippen MR) is 43.6 cm³/mol. The molecule has 1 aromatic rings. The second-order valence-electron chi connectivity index (χ2n) is 2.33. The maximum atomic E-state index is 5.12. The molecule has 1 N–H and O–H groups in total. The molecule has 1 aromatic heterocycles. The number of aromatic nitrogens is 2. The molecular formula is C7H13N3O2. The maximum absolute atomic E-state index is 5.12. The van der Waals surface area contributed by atoms with Crippen LogP contribution in [0.15, 0.2) is 6.20 Å². The quantitative estimate of drug-likeness (QED) is 0.652. The molecule has 5 heteroatoms. The molecule has 0 spiro atoms. The van der Waals surface area contributed by atoms with Crippen LogP contribution in [0.25, 0.3) is 0 Å². The number of rotatable bonds is 4. The predicted octanol–water partition coefficient (Wildman–Crippen LogP) is 0.0797. The Kier molecular flexibility index (Phi) is 3.07. The smallest absolute Gasteiger partial charge is 0.215 e. The van der Waals surface area contributed by atoms with Crippen LogP contribution < -0.4 is 10.2 Å². The molecule has 0 saturated carbocycles. The van der Waals surface area contributed by atoms with E-state index < -0.39 is 0 Å². The largest absolute Gasteiger partial charge is 0.481 e. The number of hydrogen-bond donors (Lipinski definition) is 1. The van der Waals surface area contributed by atoms with Crippen LogP contribution >= 0.6 is 0 Å². The first-order chi connectivity index (χ1) is 5.79. The van der Waals surface area contributed by atoms with E-state index in [0.29, 0.717) is 6.54 Å². The summed E-state index contributed by atoms with van der Waals surface area (Å²) in [4.78, 5) is 4.71. The van der Waals surface area contributed by atoms with E-state index in [9.17, 15) is 0 Å². The molecule has 0 aliphatic rings. The van der Waals surface area contributed by atoms with Crippen molar-refractivity contribution in [2.75, 3.05) is 14.2 Å². The lowest BCUT2D eigenvalue weighted by atomic mass is 10.3. The lowest BCUT2D eigenvalue weighted by Crippen LogP contribution is -2.11. The number of aryl methyl sites for hydroxylation is 1. The topological polar surface area (TPSA) is 48.3 Å². The van der Waals surface area contributed by atoms with Gasteiger partial charge in [-0.3, -0.25) is 0 Å². The molecule has 0 saturated heterocycles. The third-order valence-electron chi connectivity index (χ3n) is 1.56. The molecule has 0 unspecified atom stereocenters. The Morgan fingerprint density at radius 2 is 2.33 bits per heavy atom. The molecule has 0 radical (unpaired) electrons. The Bertz CT molecular complexity index is 247. The van der Waals surface area contributed by atoms with E-state index in [-0.39, 0.29) is 0 Å². The van der Waals surface area contributed by atoms with Crippen molar-refractivity contribution in [1.29, 1.82) is 0 Å². The van der Waals surface area contributed by atoms with E-state index >= 15 is 0 Å². The number of methoxy groups -OCH3 is 1. The van der Waals surface area contributed by atoms with Gasteiger partial charge in [-0.2, -0.15) is 10.6 Å². The van der Waals surface area contributed by atoms with Crippen molar-refractivity contribution in [2.24, 2.45) is 7.05 Å². The van der Waals surface area contributed by atoms with E-state index in [1.165, 1.54) is 0 Å². The summed E-state index contributed by atoms with van der Waals surface area (Å²) >= 11 is 0. The summed E-state index contributed by atoms with van der Waals surface area (Å²) in [6, 6.07) is 0. The summed E-state index contributed by atoms with van der Waals surface area (Å²) in [5, 5.41) is 4.04. The van der Waals surface area contributed by atoms with Crippen molar-refractivity contribution in [1.82, 2.24) is 15.3 Å². The van der Waals surface area contributed by atoms with E-state index in [2.05, 4.69) is 10.6 Å². The van der Waals surface area contributed by atoms with Gasteiger partial charge in [0.2, 0.25) is 5.88 Å². The fourth-order valence-electron chi connectivity index (χ4n) is 1.01. The molecule has 0 atom stereocenters. The zero-order valence-corrected chi connectivity index (χ0v) is 7.50. The SMILES string of the molecule is CONCc1cnn(C)c1OC. The second-order valence-corrected chi connectivity index (χ2v) is 2.33. The number of nitrogens with zero attached hydrogens (tertiary/aromatic N) is 2. The van der Waals surface area contributed by atoms with Crippen LogP contribution in [0.1, 0.15) is 5.56 Å². The minimum Gasteiger partial charge on any atom is -0.481 e.